The number of aliphatic hydroxyl groups is 1. The number of benzene rings is 2. The van der Waals surface area contributed by atoms with Gasteiger partial charge in [0.25, 0.3) is 0 Å². The molecule has 5 heteroatoms. The van der Waals surface area contributed by atoms with E-state index >= 15 is 0 Å². The fourth-order valence-corrected chi connectivity index (χ4v) is 2.30. The molecule has 0 bridgehead atoms. The lowest BCUT2D eigenvalue weighted by atomic mass is 10.1. The van der Waals surface area contributed by atoms with Crippen LogP contribution in [-0.4, -0.2) is 37.0 Å². The van der Waals surface area contributed by atoms with E-state index in [0.717, 1.165) is 10.9 Å². The van der Waals surface area contributed by atoms with Crippen LogP contribution in [0.4, 0.5) is 4.79 Å². The van der Waals surface area contributed by atoms with Crippen molar-refractivity contribution in [2.75, 3.05) is 19.8 Å². The Labute approximate surface area is 143 Å². The van der Waals surface area contributed by atoms with Crippen molar-refractivity contribution in [3.05, 3.63) is 48.0 Å². The van der Waals surface area contributed by atoms with E-state index < -0.39 is 6.10 Å². The van der Waals surface area contributed by atoms with Crippen molar-refractivity contribution in [2.45, 2.75) is 26.5 Å². The van der Waals surface area contributed by atoms with Crippen LogP contribution in [0, 0.1) is 5.92 Å². The zero-order valence-corrected chi connectivity index (χ0v) is 14.3. The summed E-state index contributed by atoms with van der Waals surface area (Å²) >= 11 is 0. The molecule has 0 aliphatic carbocycles. The highest BCUT2D eigenvalue weighted by Gasteiger charge is 2.07. The highest BCUT2D eigenvalue weighted by atomic mass is 16.5. The van der Waals surface area contributed by atoms with Gasteiger partial charge >= 0.3 is 6.03 Å². The molecule has 0 aliphatic heterocycles. The number of hydrogen-bond donors (Lipinski definition) is 3. The molecule has 0 radical (unpaired) electrons. The molecule has 0 fully saturated rings. The average molecular weight is 330 g/mol. The number of ether oxygens (including phenoxy) is 1. The van der Waals surface area contributed by atoms with Crippen LogP contribution in [0.3, 0.4) is 0 Å². The summed E-state index contributed by atoms with van der Waals surface area (Å²) in [5, 5.41) is 17.5. The van der Waals surface area contributed by atoms with E-state index in [-0.39, 0.29) is 19.2 Å². The Kier molecular flexibility index (Phi) is 7.03. The molecular weight excluding hydrogens is 304 g/mol. The summed E-state index contributed by atoms with van der Waals surface area (Å²) in [6.45, 7) is 5.53. The molecule has 0 saturated carbocycles. The Morgan fingerprint density at radius 2 is 1.83 bits per heavy atom. The predicted octanol–water partition coefficient (Wildman–Crippen LogP) is 2.67. The van der Waals surface area contributed by atoms with Crippen molar-refractivity contribution in [2.24, 2.45) is 5.92 Å². The summed E-state index contributed by atoms with van der Waals surface area (Å²) in [5.74, 6) is 0.426. The molecule has 0 spiro atoms. The summed E-state index contributed by atoms with van der Waals surface area (Å²) in [4.78, 5) is 11.8. The van der Waals surface area contributed by atoms with E-state index in [1.54, 1.807) is 0 Å². The van der Waals surface area contributed by atoms with Crippen LogP contribution in [0.25, 0.3) is 10.8 Å². The quantitative estimate of drug-likeness (QED) is 0.697. The second-order valence-electron chi connectivity index (χ2n) is 6.33. The molecular formula is C19H26N2O3. The number of carbonyl (C=O) groups excluding carboxylic acids is 1. The summed E-state index contributed by atoms with van der Waals surface area (Å²) in [7, 11) is 0. The van der Waals surface area contributed by atoms with Crippen LogP contribution in [0.1, 0.15) is 19.4 Å². The molecule has 2 aromatic rings. The topological polar surface area (TPSA) is 70.6 Å². The van der Waals surface area contributed by atoms with E-state index in [9.17, 15) is 9.90 Å². The van der Waals surface area contributed by atoms with Gasteiger partial charge < -0.3 is 20.5 Å². The number of fused-ring (bicyclic) bond motifs is 1. The van der Waals surface area contributed by atoms with Crippen LogP contribution in [0.2, 0.25) is 0 Å². The normalized spacial score (nSPS) is 12.3. The SMILES string of the molecule is CC(C)COCC(O)CNC(=O)NCc1ccc2ccccc2c1. The minimum absolute atomic E-state index is 0.168. The maximum atomic E-state index is 11.8. The lowest BCUT2D eigenvalue weighted by Crippen LogP contribution is -2.40. The first-order valence-corrected chi connectivity index (χ1v) is 8.30. The fourth-order valence-electron chi connectivity index (χ4n) is 2.30. The number of rotatable bonds is 8. The van der Waals surface area contributed by atoms with E-state index in [4.69, 9.17) is 4.74 Å². The van der Waals surface area contributed by atoms with Crippen LogP contribution in [0.5, 0.6) is 0 Å². The van der Waals surface area contributed by atoms with Crippen LogP contribution in [-0.2, 0) is 11.3 Å². The molecule has 3 N–H and O–H groups in total. The molecule has 0 aliphatic rings. The molecule has 0 heterocycles. The lowest BCUT2D eigenvalue weighted by Gasteiger charge is -2.14. The van der Waals surface area contributed by atoms with Gasteiger partial charge in [-0.1, -0.05) is 50.2 Å². The molecule has 24 heavy (non-hydrogen) atoms. The van der Waals surface area contributed by atoms with Crippen LogP contribution >= 0.6 is 0 Å². The third kappa shape index (κ3) is 6.18. The van der Waals surface area contributed by atoms with Crippen LogP contribution in [0.15, 0.2) is 42.5 Å². The molecule has 130 valence electrons. The zero-order valence-electron chi connectivity index (χ0n) is 14.3. The van der Waals surface area contributed by atoms with Gasteiger partial charge in [-0.05, 0) is 28.3 Å². The Hall–Kier alpha value is -2.11. The first kappa shape index (κ1) is 18.2. The number of urea groups is 1. The second kappa shape index (κ2) is 9.25. The zero-order chi connectivity index (χ0) is 17.4. The third-order valence-electron chi connectivity index (χ3n) is 3.53. The van der Waals surface area contributed by atoms with Gasteiger partial charge in [0.05, 0.1) is 12.7 Å². The summed E-state index contributed by atoms with van der Waals surface area (Å²) < 4.78 is 5.34. The second-order valence-corrected chi connectivity index (χ2v) is 6.33. The van der Waals surface area contributed by atoms with Crippen LogP contribution < -0.4 is 10.6 Å². The molecule has 2 aromatic carbocycles. The van der Waals surface area contributed by atoms with Crippen molar-refractivity contribution in [1.82, 2.24) is 10.6 Å². The monoisotopic (exact) mass is 330 g/mol. The Balaban J connectivity index is 1.70. The van der Waals surface area contributed by atoms with Gasteiger partial charge in [0.2, 0.25) is 0 Å². The van der Waals surface area contributed by atoms with Gasteiger partial charge in [-0.2, -0.15) is 0 Å². The van der Waals surface area contributed by atoms with Gasteiger partial charge in [-0.25, -0.2) is 4.79 Å². The molecule has 1 atom stereocenters. The van der Waals surface area contributed by atoms with Gasteiger partial charge in [0.15, 0.2) is 0 Å². The summed E-state index contributed by atoms with van der Waals surface area (Å²) in [6, 6.07) is 13.9. The standard InChI is InChI=1S/C19H26N2O3/c1-14(2)12-24-13-18(22)11-21-19(23)20-10-15-7-8-16-5-3-4-6-17(16)9-15/h3-9,14,18,22H,10-13H2,1-2H3,(H2,20,21,23). The maximum absolute atomic E-state index is 11.8. The number of nitrogens with one attached hydrogen (secondary N) is 2. The van der Waals surface area contributed by atoms with E-state index in [0.29, 0.717) is 19.1 Å². The number of hydrogen-bond acceptors (Lipinski definition) is 3. The molecule has 0 aromatic heterocycles. The molecule has 2 amide bonds. The van der Waals surface area contributed by atoms with Gasteiger partial charge in [0.1, 0.15) is 0 Å². The predicted molar refractivity (Wildman–Crippen MR) is 95.9 cm³/mol. The number of aliphatic hydroxyl groups excluding tert-OH is 1. The maximum Gasteiger partial charge on any atom is 0.315 e. The number of amides is 2. The van der Waals surface area contributed by atoms with Crippen molar-refractivity contribution in [3.63, 3.8) is 0 Å². The number of carbonyl (C=O) groups is 1. The van der Waals surface area contributed by atoms with Crippen molar-refractivity contribution in [1.29, 1.82) is 0 Å². The van der Waals surface area contributed by atoms with Crippen molar-refractivity contribution < 1.29 is 14.6 Å². The fraction of sp³-hybridized carbons (Fsp3) is 0.421. The molecule has 2 rings (SSSR count). The molecule has 1 unspecified atom stereocenters. The van der Waals surface area contributed by atoms with E-state index in [2.05, 4.69) is 22.8 Å². The smallest absolute Gasteiger partial charge is 0.315 e. The van der Waals surface area contributed by atoms with Gasteiger partial charge in [0, 0.05) is 19.7 Å². The third-order valence-corrected chi connectivity index (χ3v) is 3.53. The Bertz CT molecular complexity index is 658. The van der Waals surface area contributed by atoms with Crippen molar-refractivity contribution >= 4 is 16.8 Å². The summed E-state index contributed by atoms with van der Waals surface area (Å²) in [6.07, 6.45) is -0.699. The highest BCUT2D eigenvalue weighted by molar-refractivity contribution is 5.83. The van der Waals surface area contributed by atoms with E-state index in [1.165, 1.54) is 5.39 Å². The lowest BCUT2D eigenvalue weighted by molar-refractivity contribution is 0.0272. The minimum Gasteiger partial charge on any atom is -0.389 e. The largest absolute Gasteiger partial charge is 0.389 e. The van der Waals surface area contributed by atoms with Gasteiger partial charge in [-0.3, -0.25) is 0 Å². The first-order chi connectivity index (χ1) is 11.5. The molecule has 0 saturated heterocycles. The first-order valence-electron chi connectivity index (χ1n) is 8.30. The Morgan fingerprint density at radius 1 is 1.08 bits per heavy atom. The minimum atomic E-state index is -0.699. The Morgan fingerprint density at radius 3 is 2.58 bits per heavy atom. The van der Waals surface area contributed by atoms with Gasteiger partial charge in [-0.15, -0.1) is 0 Å². The highest BCUT2D eigenvalue weighted by Crippen LogP contribution is 2.15. The average Bonchev–Trinajstić information content (AvgIpc) is 2.57. The molecule has 5 nitrogen and oxygen atoms in total. The van der Waals surface area contributed by atoms with Crippen molar-refractivity contribution in [3.8, 4) is 0 Å². The summed E-state index contributed by atoms with van der Waals surface area (Å²) in [5.41, 5.74) is 1.03. The van der Waals surface area contributed by atoms with E-state index in [1.807, 2.05) is 44.2 Å².